The van der Waals surface area contributed by atoms with Gasteiger partial charge in [-0.2, -0.15) is 9.97 Å². The van der Waals surface area contributed by atoms with E-state index in [1.54, 1.807) is 6.07 Å². The molecular weight excluding hydrogens is 592 g/mol. The van der Waals surface area contributed by atoms with Crippen LogP contribution < -0.4 is 20.7 Å². The highest BCUT2D eigenvalue weighted by Crippen LogP contribution is 2.49. The second kappa shape index (κ2) is 10.7. The molecule has 3 fully saturated rings. The predicted molar refractivity (Wildman–Crippen MR) is 168 cm³/mol. The van der Waals surface area contributed by atoms with Gasteiger partial charge in [0, 0.05) is 54.0 Å². The number of nitrogens with two attached hydrogens (primary N) is 1. The van der Waals surface area contributed by atoms with Gasteiger partial charge in [-0.1, -0.05) is 17.7 Å². The van der Waals surface area contributed by atoms with Crippen LogP contribution in [0.15, 0.2) is 18.2 Å². The lowest BCUT2D eigenvalue weighted by Gasteiger charge is -2.49. The molecule has 3 aliphatic heterocycles. The van der Waals surface area contributed by atoms with E-state index in [1.165, 1.54) is 12.1 Å². The van der Waals surface area contributed by atoms with Crippen LogP contribution >= 0.6 is 22.9 Å². The fourth-order valence-electron chi connectivity index (χ4n) is 7.12. The lowest BCUT2D eigenvalue weighted by molar-refractivity contribution is 0.112. The zero-order valence-electron chi connectivity index (χ0n) is 24.0. The molecule has 0 amide bonds. The fourth-order valence-corrected chi connectivity index (χ4v) is 8.36. The molecule has 2 atom stereocenters. The van der Waals surface area contributed by atoms with E-state index < -0.39 is 11.6 Å². The average molecular weight is 624 g/mol. The third-order valence-electron chi connectivity index (χ3n) is 9.39. The van der Waals surface area contributed by atoms with Crippen molar-refractivity contribution in [2.45, 2.75) is 44.8 Å². The van der Waals surface area contributed by atoms with Gasteiger partial charge in [0.05, 0.1) is 21.3 Å². The number of hydrogen-bond donors (Lipinski definition) is 2. The number of aromatic nitrogens is 2. The van der Waals surface area contributed by atoms with Crippen molar-refractivity contribution in [1.29, 1.82) is 0 Å². The minimum Gasteiger partial charge on any atom is -0.459 e. The molecule has 0 radical (unpaired) electrons. The van der Waals surface area contributed by atoms with E-state index in [9.17, 15) is 4.39 Å². The number of nitrogens with one attached hydrogen (secondary N) is 1. The Bertz CT molecular complexity index is 1800. The Hall–Kier alpha value is -3.30. The number of hydrogen-bond acceptors (Lipinski definition) is 8. The van der Waals surface area contributed by atoms with Crippen molar-refractivity contribution in [2.75, 3.05) is 50.4 Å². The molecule has 2 aromatic heterocycles. The minimum atomic E-state index is -0.674. The smallest absolute Gasteiger partial charge is 0.319 e. The molecule has 0 bridgehead atoms. The number of thiophene rings is 1. The molecule has 0 aliphatic carbocycles. The van der Waals surface area contributed by atoms with Gasteiger partial charge in [-0.15, -0.1) is 11.3 Å². The minimum absolute atomic E-state index is 0.0411. The van der Waals surface area contributed by atoms with Crippen molar-refractivity contribution < 1.29 is 13.5 Å². The molecule has 7 rings (SSSR count). The van der Waals surface area contributed by atoms with E-state index in [1.807, 2.05) is 6.92 Å². The van der Waals surface area contributed by atoms with Gasteiger partial charge in [0.25, 0.3) is 0 Å². The molecule has 2 aromatic carbocycles. The summed E-state index contributed by atoms with van der Waals surface area (Å²) in [6, 6.07) is 4.70. The van der Waals surface area contributed by atoms with Gasteiger partial charge in [0.15, 0.2) is 5.82 Å². The van der Waals surface area contributed by atoms with Crippen LogP contribution in [0.5, 0.6) is 6.01 Å². The molecular formula is C31H32ClF2N7OS. The van der Waals surface area contributed by atoms with Crippen LogP contribution in [0.2, 0.25) is 5.02 Å². The van der Waals surface area contributed by atoms with Crippen LogP contribution in [-0.2, 0) is 0 Å². The summed E-state index contributed by atoms with van der Waals surface area (Å²) in [6.45, 7) is 14.1. The largest absolute Gasteiger partial charge is 0.459 e. The Kier molecular flexibility index (Phi) is 7.08. The summed E-state index contributed by atoms with van der Waals surface area (Å²) in [5.74, 6) is -0.609. The van der Waals surface area contributed by atoms with Gasteiger partial charge in [0.2, 0.25) is 5.69 Å². The van der Waals surface area contributed by atoms with Crippen LogP contribution in [0.4, 0.5) is 25.3 Å². The summed E-state index contributed by atoms with van der Waals surface area (Å²) in [6.07, 6.45) is 4.00. The van der Waals surface area contributed by atoms with Gasteiger partial charge in [-0.3, -0.25) is 4.90 Å². The number of likely N-dealkylation sites (N-methyl/N-ethyl adjacent to an activating group) is 1. The van der Waals surface area contributed by atoms with E-state index in [0.29, 0.717) is 16.8 Å². The Morgan fingerprint density at radius 2 is 2.07 bits per heavy atom. The second-order valence-corrected chi connectivity index (χ2v) is 13.6. The summed E-state index contributed by atoms with van der Waals surface area (Å²) in [7, 11) is 2.08. The molecule has 0 saturated carbocycles. The highest BCUT2D eigenvalue weighted by molar-refractivity contribution is 7.23. The number of benzene rings is 2. The second-order valence-electron chi connectivity index (χ2n) is 12.1. The number of anilines is 2. The monoisotopic (exact) mass is 623 g/mol. The van der Waals surface area contributed by atoms with E-state index >= 15 is 4.39 Å². The first kappa shape index (κ1) is 28.5. The van der Waals surface area contributed by atoms with Crippen LogP contribution in [0.25, 0.3) is 37.0 Å². The zero-order chi connectivity index (χ0) is 30.0. The average Bonchev–Trinajstić information content (AvgIpc) is 3.56. The first-order valence-electron chi connectivity index (χ1n) is 14.6. The summed E-state index contributed by atoms with van der Waals surface area (Å²) in [4.78, 5) is 17.5. The summed E-state index contributed by atoms with van der Waals surface area (Å²) in [5, 5.41) is 4.43. The molecule has 0 unspecified atom stereocenters. The zero-order valence-corrected chi connectivity index (χ0v) is 25.6. The van der Waals surface area contributed by atoms with Gasteiger partial charge in [-0.05, 0) is 63.9 Å². The van der Waals surface area contributed by atoms with E-state index in [0.717, 1.165) is 69.7 Å². The van der Waals surface area contributed by atoms with Gasteiger partial charge in [0.1, 0.15) is 23.3 Å². The molecule has 3 aliphatic rings. The summed E-state index contributed by atoms with van der Waals surface area (Å²) >= 11 is 7.82. The first-order chi connectivity index (χ1) is 20.7. The molecule has 8 nitrogen and oxygen atoms in total. The summed E-state index contributed by atoms with van der Waals surface area (Å²) in [5.41, 5.74) is 6.72. The molecule has 224 valence electrons. The maximum absolute atomic E-state index is 16.9. The van der Waals surface area contributed by atoms with Gasteiger partial charge < -0.3 is 20.7 Å². The van der Waals surface area contributed by atoms with Crippen molar-refractivity contribution >= 4 is 60.4 Å². The lowest BCUT2D eigenvalue weighted by atomic mass is 9.75. The molecule has 12 heteroatoms. The van der Waals surface area contributed by atoms with Crippen LogP contribution in [0.3, 0.4) is 0 Å². The number of rotatable bonds is 5. The van der Waals surface area contributed by atoms with Crippen LogP contribution in [0.1, 0.15) is 32.6 Å². The molecule has 3 saturated heterocycles. The standard InChI is InChI=1S/C31H32ClF2N7OS/c1-16(21-6-4-10-40(21)3)42-30-38-25-18(29(39-30)41-11-5-9-31(15-41)13-37-14-31)12-19(32)22(24(25)34)17-7-8-20(33)27-23(17)26(36-2)28(35)43-27/h7-8,12,16,21,37H,4-6,9-11,13-15,35H2,1,3H3/t16-,21-/m0/s1. The molecule has 5 heterocycles. The number of nitrogen functional groups attached to an aromatic ring is 1. The third-order valence-corrected chi connectivity index (χ3v) is 10.7. The maximum Gasteiger partial charge on any atom is 0.319 e. The van der Waals surface area contributed by atoms with Crippen molar-refractivity contribution in [1.82, 2.24) is 20.2 Å². The van der Waals surface area contributed by atoms with E-state index in [4.69, 9.17) is 33.6 Å². The Morgan fingerprint density at radius 1 is 1.26 bits per heavy atom. The Balaban J connectivity index is 1.42. The highest BCUT2D eigenvalue weighted by atomic mass is 35.5. The summed E-state index contributed by atoms with van der Waals surface area (Å²) < 4.78 is 38.2. The first-order valence-corrected chi connectivity index (χ1v) is 15.8. The molecule has 4 aromatic rings. The lowest BCUT2D eigenvalue weighted by Crippen LogP contribution is -2.61. The molecule has 3 N–H and O–H groups in total. The highest BCUT2D eigenvalue weighted by Gasteiger charge is 2.41. The SMILES string of the molecule is [C-]#[N+]c1c(N)sc2c(F)ccc(-c3c(Cl)cc4c(N5CCCC6(CNC6)C5)nc(O[C@@H](C)[C@@H]5CCCN5C)nc4c3F)c12. The quantitative estimate of drug-likeness (QED) is 0.242. The van der Waals surface area contributed by atoms with E-state index in [2.05, 4.69) is 32.0 Å². The number of ether oxygens (including phenoxy) is 1. The number of likely N-dealkylation sites (tertiary alicyclic amines) is 1. The van der Waals surface area contributed by atoms with Crippen molar-refractivity contribution in [3.05, 3.63) is 46.3 Å². The molecule has 43 heavy (non-hydrogen) atoms. The normalized spacial score (nSPS) is 20.9. The maximum atomic E-state index is 16.9. The van der Waals surface area contributed by atoms with Crippen molar-refractivity contribution in [3.63, 3.8) is 0 Å². The van der Waals surface area contributed by atoms with Gasteiger partial charge in [-0.25, -0.2) is 13.6 Å². The Labute approximate surface area is 257 Å². The topological polar surface area (TPSA) is 83.9 Å². The Morgan fingerprint density at radius 3 is 2.77 bits per heavy atom. The van der Waals surface area contributed by atoms with Crippen molar-refractivity contribution in [3.8, 4) is 17.1 Å². The van der Waals surface area contributed by atoms with E-state index in [-0.39, 0.29) is 60.4 Å². The van der Waals surface area contributed by atoms with Crippen molar-refractivity contribution in [2.24, 2.45) is 5.41 Å². The predicted octanol–water partition coefficient (Wildman–Crippen LogP) is 6.63. The van der Waals surface area contributed by atoms with Crippen LogP contribution in [-0.4, -0.2) is 66.8 Å². The number of halogens is 3. The third kappa shape index (κ3) is 4.67. The van der Waals surface area contributed by atoms with Crippen LogP contribution in [0, 0.1) is 23.6 Å². The number of fused-ring (bicyclic) bond motifs is 2. The molecule has 1 spiro atoms. The fraction of sp³-hybridized carbons (Fsp3) is 0.452. The van der Waals surface area contributed by atoms with Gasteiger partial charge >= 0.3 is 6.01 Å². The number of nitrogens with zero attached hydrogens (tertiary/aromatic N) is 5. The number of piperidine rings is 1.